The first-order valence-corrected chi connectivity index (χ1v) is 5.67. The van der Waals surface area contributed by atoms with Crippen molar-refractivity contribution in [2.75, 3.05) is 5.73 Å². The molecule has 0 saturated heterocycles. The molecule has 0 aromatic carbocycles. The number of aryl methyl sites for hydroxylation is 1. The molecule has 0 bridgehead atoms. The normalized spacial score (nSPS) is 10.7. The van der Waals surface area contributed by atoms with E-state index in [2.05, 4.69) is 15.1 Å². The van der Waals surface area contributed by atoms with Gasteiger partial charge in [0.2, 0.25) is 0 Å². The fraction of sp³-hybridized carbons (Fsp3) is 0.111. The maximum atomic E-state index is 13.5. The van der Waals surface area contributed by atoms with Gasteiger partial charge in [0.15, 0.2) is 22.6 Å². The molecule has 2 heterocycles. The van der Waals surface area contributed by atoms with Gasteiger partial charge in [0.05, 0.1) is 0 Å². The number of nitrogens with one attached hydrogen (secondary N) is 1. The molecule has 0 saturated carbocycles. The van der Waals surface area contributed by atoms with E-state index < -0.39 is 28.6 Å². The van der Waals surface area contributed by atoms with Gasteiger partial charge in [-0.1, -0.05) is 0 Å². The SMILES string of the molecule is Cn1[nH]c(=O)c(=O)nc1Sc1nc(N)c(F)cc1F. The molecule has 2 aromatic rings. The summed E-state index contributed by atoms with van der Waals surface area (Å²) in [5.41, 5.74) is 3.30. The molecule has 10 heteroatoms. The quantitative estimate of drug-likeness (QED) is 0.745. The Labute approximate surface area is 108 Å². The Balaban J connectivity index is 2.47. The molecule has 7 nitrogen and oxygen atoms in total. The summed E-state index contributed by atoms with van der Waals surface area (Å²) in [6, 6.07) is 0.578. The summed E-state index contributed by atoms with van der Waals surface area (Å²) < 4.78 is 27.5. The summed E-state index contributed by atoms with van der Waals surface area (Å²) in [6.45, 7) is 0. The number of rotatable bonds is 2. The van der Waals surface area contributed by atoms with E-state index in [4.69, 9.17) is 5.73 Å². The van der Waals surface area contributed by atoms with Gasteiger partial charge < -0.3 is 5.73 Å². The van der Waals surface area contributed by atoms with E-state index in [9.17, 15) is 18.4 Å². The Bertz CT molecular complexity index is 757. The highest BCUT2D eigenvalue weighted by molar-refractivity contribution is 7.99. The summed E-state index contributed by atoms with van der Waals surface area (Å²) in [7, 11) is 1.40. The maximum Gasteiger partial charge on any atom is 0.339 e. The summed E-state index contributed by atoms with van der Waals surface area (Å²) in [5.74, 6) is -2.40. The first-order chi connectivity index (χ1) is 8.88. The number of pyridine rings is 1. The van der Waals surface area contributed by atoms with E-state index in [1.807, 2.05) is 0 Å². The van der Waals surface area contributed by atoms with Gasteiger partial charge in [0.1, 0.15) is 5.03 Å². The molecule has 0 spiro atoms. The van der Waals surface area contributed by atoms with Crippen LogP contribution in [0.3, 0.4) is 0 Å². The van der Waals surface area contributed by atoms with Crippen LogP contribution in [0.5, 0.6) is 0 Å². The van der Waals surface area contributed by atoms with E-state index in [0.29, 0.717) is 17.8 Å². The van der Waals surface area contributed by atoms with Gasteiger partial charge in [0, 0.05) is 13.1 Å². The van der Waals surface area contributed by atoms with Crippen molar-refractivity contribution in [3.05, 3.63) is 38.4 Å². The molecule has 100 valence electrons. The zero-order valence-electron chi connectivity index (χ0n) is 9.48. The number of H-pyrrole nitrogens is 1. The lowest BCUT2D eigenvalue weighted by molar-refractivity contribution is 0.550. The van der Waals surface area contributed by atoms with Crippen molar-refractivity contribution in [2.45, 2.75) is 10.2 Å². The molecular formula is C9H7F2N5O2S. The predicted molar refractivity (Wildman–Crippen MR) is 62.8 cm³/mol. The minimum Gasteiger partial charge on any atom is -0.381 e. The number of hydrogen-bond donors (Lipinski definition) is 2. The van der Waals surface area contributed by atoms with Crippen LogP contribution in [0.4, 0.5) is 14.6 Å². The van der Waals surface area contributed by atoms with Gasteiger partial charge in [-0.25, -0.2) is 13.8 Å². The highest BCUT2D eigenvalue weighted by Crippen LogP contribution is 2.26. The smallest absolute Gasteiger partial charge is 0.339 e. The van der Waals surface area contributed by atoms with Gasteiger partial charge in [-0.15, -0.1) is 0 Å². The fourth-order valence-electron chi connectivity index (χ4n) is 1.17. The second-order valence-corrected chi connectivity index (χ2v) is 4.40. The first-order valence-electron chi connectivity index (χ1n) is 4.85. The molecule has 0 atom stereocenters. The molecule has 0 fully saturated rings. The second kappa shape index (κ2) is 4.80. The number of aromatic amines is 1. The molecule has 2 rings (SSSR count). The summed E-state index contributed by atoms with van der Waals surface area (Å²) >= 11 is 0.636. The third-order valence-corrected chi connectivity index (χ3v) is 3.09. The van der Waals surface area contributed by atoms with Gasteiger partial charge in [0.25, 0.3) is 0 Å². The number of nitrogens with two attached hydrogens (primary N) is 1. The van der Waals surface area contributed by atoms with Crippen LogP contribution in [-0.2, 0) is 7.05 Å². The largest absolute Gasteiger partial charge is 0.381 e. The molecule has 0 radical (unpaired) electrons. The third kappa shape index (κ3) is 2.62. The van der Waals surface area contributed by atoms with Crippen molar-refractivity contribution in [2.24, 2.45) is 7.05 Å². The minimum absolute atomic E-state index is 0.0120. The minimum atomic E-state index is -1.02. The number of nitrogens with zero attached hydrogens (tertiary/aromatic N) is 3. The molecule has 0 aliphatic carbocycles. The molecular weight excluding hydrogens is 280 g/mol. The average molecular weight is 287 g/mol. The predicted octanol–water partition coefficient (Wildman–Crippen LogP) is -0.125. The van der Waals surface area contributed by atoms with Crippen molar-refractivity contribution in [3.8, 4) is 0 Å². The van der Waals surface area contributed by atoms with E-state index in [1.54, 1.807) is 0 Å². The van der Waals surface area contributed by atoms with Crippen LogP contribution >= 0.6 is 11.8 Å². The molecule has 19 heavy (non-hydrogen) atoms. The molecule has 0 aliphatic rings. The number of anilines is 1. The van der Waals surface area contributed by atoms with E-state index in [-0.39, 0.29) is 10.2 Å². The fourth-order valence-corrected chi connectivity index (χ4v) is 1.96. The van der Waals surface area contributed by atoms with Crippen molar-refractivity contribution < 1.29 is 8.78 Å². The maximum absolute atomic E-state index is 13.5. The molecule has 3 N–H and O–H groups in total. The van der Waals surface area contributed by atoms with Gasteiger partial charge in [-0.05, 0) is 11.8 Å². The molecule has 0 aliphatic heterocycles. The number of hydrogen-bond acceptors (Lipinski definition) is 6. The lowest BCUT2D eigenvalue weighted by atomic mass is 10.4. The average Bonchev–Trinajstić information content (AvgIpc) is 2.32. The van der Waals surface area contributed by atoms with Crippen molar-refractivity contribution in [1.82, 2.24) is 19.7 Å². The van der Waals surface area contributed by atoms with Gasteiger partial charge in [-0.3, -0.25) is 19.4 Å². The van der Waals surface area contributed by atoms with Crippen LogP contribution in [0.1, 0.15) is 0 Å². The lowest BCUT2D eigenvalue weighted by Crippen LogP contribution is -2.33. The van der Waals surface area contributed by atoms with Gasteiger partial charge >= 0.3 is 11.1 Å². The standard InChI is InChI=1S/C9H7F2N5O2S/c1-16-9(14-6(17)7(18)15-16)19-8-4(11)2-3(10)5(12)13-8/h2H,1H3,(H2,12,13)(H,15,18). The van der Waals surface area contributed by atoms with Crippen LogP contribution in [0.2, 0.25) is 0 Å². The van der Waals surface area contributed by atoms with Crippen molar-refractivity contribution in [3.63, 3.8) is 0 Å². The van der Waals surface area contributed by atoms with Crippen molar-refractivity contribution in [1.29, 1.82) is 0 Å². The van der Waals surface area contributed by atoms with Gasteiger partial charge in [-0.2, -0.15) is 4.98 Å². The molecule has 2 aromatic heterocycles. The highest BCUT2D eigenvalue weighted by atomic mass is 32.2. The number of nitrogen functional groups attached to an aromatic ring is 1. The van der Waals surface area contributed by atoms with E-state index >= 15 is 0 Å². The lowest BCUT2D eigenvalue weighted by Gasteiger charge is -2.06. The Morgan fingerprint density at radius 2 is 2.00 bits per heavy atom. The summed E-state index contributed by atoms with van der Waals surface area (Å²) in [4.78, 5) is 29.0. The Morgan fingerprint density at radius 3 is 2.68 bits per heavy atom. The summed E-state index contributed by atoms with van der Waals surface area (Å²) in [6.07, 6.45) is 0. The second-order valence-electron chi connectivity index (χ2n) is 3.44. The highest BCUT2D eigenvalue weighted by Gasteiger charge is 2.14. The number of halogens is 2. The van der Waals surface area contributed by atoms with Crippen LogP contribution in [0, 0.1) is 11.6 Å². The zero-order valence-corrected chi connectivity index (χ0v) is 10.3. The number of aromatic nitrogens is 4. The Morgan fingerprint density at radius 1 is 1.32 bits per heavy atom. The van der Waals surface area contributed by atoms with Crippen LogP contribution < -0.4 is 16.9 Å². The summed E-state index contributed by atoms with van der Waals surface area (Å²) in [5, 5.41) is 1.91. The first kappa shape index (κ1) is 13.2. The van der Waals surface area contributed by atoms with E-state index in [1.165, 1.54) is 7.05 Å². The van der Waals surface area contributed by atoms with E-state index in [0.717, 1.165) is 4.68 Å². The Hall–Kier alpha value is -2.23. The van der Waals surface area contributed by atoms with Crippen LogP contribution in [0.25, 0.3) is 0 Å². The van der Waals surface area contributed by atoms with Crippen molar-refractivity contribution >= 4 is 17.6 Å². The monoisotopic (exact) mass is 287 g/mol. The van der Waals surface area contributed by atoms with Crippen LogP contribution in [0.15, 0.2) is 25.8 Å². The molecule has 0 unspecified atom stereocenters. The topological polar surface area (TPSA) is 107 Å². The Kier molecular flexibility index (Phi) is 3.34. The molecule has 0 amide bonds. The zero-order chi connectivity index (χ0) is 14.2. The van der Waals surface area contributed by atoms with Crippen LogP contribution in [-0.4, -0.2) is 19.7 Å². The third-order valence-electron chi connectivity index (χ3n) is 2.06.